The molecule has 0 radical (unpaired) electrons. The number of ketones is 1. The quantitative estimate of drug-likeness (QED) is 0.252. The van der Waals surface area contributed by atoms with Gasteiger partial charge in [-0.3, -0.25) is 9.69 Å². The van der Waals surface area contributed by atoms with Crippen molar-refractivity contribution in [3.8, 4) is 27.7 Å². The van der Waals surface area contributed by atoms with Crippen LogP contribution in [0.1, 0.15) is 35.2 Å². The highest BCUT2D eigenvalue weighted by atomic mass is 32.1. The van der Waals surface area contributed by atoms with E-state index in [0.29, 0.717) is 17.7 Å². The summed E-state index contributed by atoms with van der Waals surface area (Å²) in [5, 5.41) is 20.4. The van der Waals surface area contributed by atoms with Crippen molar-refractivity contribution < 1.29 is 39.0 Å². The summed E-state index contributed by atoms with van der Waals surface area (Å²) in [6.07, 6.45) is 3.85. The van der Waals surface area contributed by atoms with Gasteiger partial charge in [0.15, 0.2) is 5.78 Å². The van der Waals surface area contributed by atoms with Crippen molar-refractivity contribution >= 4 is 35.0 Å². The van der Waals surface area contributed by atoms with E-state index in [1.807, 2.05) is 24.3 Å². The molecule has 1 aromatic heterocycles. The standard InChI is InChI=1S/C28H27NO4S.H3O4P/c30-21-8-4-20(5-9-21)28-26(24-13-10-22(31)18-25(24)34-28)27(32)19-6-11-23(12-7-19)33-17-16-29-14-2-1-3-15-29;1-5(2,3)4/h4-13,18,30-31H,1-3,14-17H2;(H3,1,2,3,4)/p-3. The second-order valence-electron chi connectivity index (χ2n) is 9.09. The largest absolute Gasteiger partial charge is 0.822 e. The molecule has 1 fully saturated rings. The number of benzene rings is 3. The van der Waals surface area contributed by atoms with Gasteiger partial charge in [-0.15, -0.1) is 11.3 Å². The molecule has 11 heteroatoms. The van der Waals surface area contributed by atoms with Crippen LogP contribution >= 0.6 is 19.2 Å². The van der Waals surface area contributed by atoms with Gasteiger partial charge in [-0.1, -0.05) is 6.42 Å². The first-order valence-corrected chi connectivity index (χ1v) is 14.6. The third kappa shape index (κ3) is 8.12. The third-order valence-electron chi connectivity index (χ3n) is 6.27. The van der Waals surface area contributed by atoms with Crippen LogP contribution in [0.5, 0.6) is 17.2 Å². The smallest absolute Gasteiger partial charge is 0.195 e. The number of phosphoric acid groups is 1. The number of rotatable bonds is 7. The molecule has 39 heavy (non-hydrogen) atoms. The predicted molar refractivity (Wildman–Crippen MR) is 144 cm³/mol. The second kappa shape index (κ2) is 12.7. The van der Waals surface area contributed by atoms with Crippen LogP contribution in [0.3, 0.4) is 0 Å². The Bertz CT molecular complexity index is 1450. The normalized spacial score (nSPS) is 14.0. The Morgan fingerprint density at radius 1 is 0.897 bits per heavy atom. The lowest BCUT2D eigenvalue weighted by molar-refractivity contribution is -0.432. The molecule has 0 amide bonds. The van der Waals surface area contributed by atoms with Crippen molar-refractivity contribution in [1.82, 2.24) is 4.90 Å². The molecule has 0 unspecified atom stereocenters. The molecule has 1 saturated heterocycles. The number of hydrogen-bond donors (Lipinski definition) is 2. The molecule has 206 valence electrons. The number of phenolic OH excluding ortho intramolecular Hbond substituents is 2. The van der Waals surface area contributed by atoms with Gasteiger partial charge < -0.3 is 34.2 Å². The van der Waals surface area contributed by atoms with Crippen molar-refractivity contribution in [3.63, 3.8) is 0 Å². The van der Waals surface area contributed by atoms with Crippen molar-refractivity contribution in [2.75, 3.05) is 26.2 Å². The van der Waals surface area contributed by atoms with Gasteiger partial charge in [0.1, 0.15) is 23.9 Å². The van der Waals surface area contributed by atoms with E-state index < -0.39 is 7.82 Å². The Labute approximate surface area is 229 Å². The monoisotopic (exact) mass is 568 g/mol. The molecular formula is C28H27NO8PS-3. The molecule has 0 saturated carbocycles. The van der Waals surface area contributed by atoms with Gasteiger partial charge in [-0.2, -0.15) is 7.82 Å². The van der Waals surface area contributed by atoms with Gasteiger partial charge in [0, 0.05) is 32.6 Å². The summed E-state index contributed by atoms with van der Waals surface area (Å²) >= 11 is 1.46. The number of carbonyl (C=O) groups is 1. The summed E-state index contributed by atoms with van der Waals surface area (Å²) in [6, 6.07) is 19.2. The minimum Gasteiger partial charge on any atom is -0.822 e. The fourth-order valence-corrected chi connectivity index (χ4v) is 5.69. The van der Waals surface area contributed by atoms with Gasteiger partial charge in [0.05, 0.1) is 0 Å². The average Bonchev–Trinajstić information content (AvgIpc) is 3.27. The number of hydrogen-bond acceptors (Lipinski definition) is 10. The molecule has 1 aliphatic heterocycles. The number of nitrogens with zero attached hydrogens (tertiary/aromatic N) is 1. The fourth-order valence-electron chi connectivity index (χ4n) is 4.45. The first-order chi connectivity index (χ1) is 18.6. The van der Waals surface area contributed by atoms with E-state index in [-0.39, 0.29) is 17.3 Å². The van der Waals surface area contributed by atoms with E-state index in [4.69, 9.17) is 24.0 Å². The highest BCUT2D eigenvalue weighted by Gasteiger charge is 2.22. The van der Waals surface area contributed by atoms with Gasteiger partial charge in [0.2, 0.25) is 0 Å². The summed E-state index contributed by atoms with van der Waals surface area (Å²) in [4.78, 5) is 42.5. The predicted octanol–water partition coefficient (Wildman–Crippen LogP) is 3.25. The number of aromatic hydroxyl groups is 2. The summed E-state index contributed by atoms with van der Waals surface area (Å²) in [7, 11) is -5.39. The van der Waals surface area contributed by atoms with Crippen LogP contribution in [0, 0.1) is 0 Å². The first-order valence-electron chi connectivity index (χ1n) is 12.4. The molecule has 0 spiro atoms. The van der Waals surface area contributed by atoms with Crippen molar-refractivity contribution in [2.24, 2.45) is 0 Å². The topological polar surface area (TPSA) is 156 Å². The second-order valence-corrected chi connectivity index (χ2v) is 11.0. The van der Waals surface area contributed by atoms with Crippen LogP contribution in [-0.2, 0) is 4.57 Å². The average molecular weight is 569 g/mol. The Morgan fingerprint density at radius 2 is 1.51 bits per heavy atom. The Balaban J connectivity index is 0.000000648. The lowest BCUT2D eigenvalue weighted by Gasteiger charge is -2.36. The molecule has 3 aromatic carbocycles. The van der Waals surface area contributed by atoms with Crippen LogP contribution in [0.15, 0.2) is 66.7 Å². The van der Waals surface area contributed by atoms with E-state index in [1.165, 1.54) is 30.6 Å². The zero-order chi connectivity index (χ0) is 28.0. The Hall–Kier alpha value is -3.24. The number of fused-ring (bicyclic) bond motifs is 1. The molecule has 4 aromatic rings. The van der Waals surface area contributed by atoms with Crippen molar-refractivity contribution in [2.45, 2.75) is 19.3 Å². The number of ether oxygens (including phenoxy) is 1. The highest BCUT2D eigenvalue weighted by molar-refractivity contribution is 7.40. The number of likely N-dealkylation sites (tertiary alicyclic amines) is 1. The fraction of sp³-hybridized carbons (Fsp3) is 0.250. The molecule has 2 N–H and O–H groups in total. The molecular weight excluding hydrogens is 541 g/mol. The Morgan fingerprint density at radius 3 is 2.15 bits per heavy atom. The van der Waals surface area contributed by atoms with Crippen LogP contribution in [0.4, 0.5) is 0 Å². The highest BCUT2D eigenvalue weighted by Crippen LogP contribution is 2.41. The molecule has 0 atom stereocenters. The third-order valence-corrected chi connectivity index (χ3v) is 7.47. The van der Waals surface area contributed by atoms with Gasteiger partial charge >= 0.3 is 0 Å². The minimum absolute atomic E-state index is 0.0834. The lowest BCUT2D eigenvalue weighted by Crippen LogP contribution is -2.33. The molecule has 0 bridgehead atoms. The van der Waals surface area contributed by atoms with Gasteiger partial charge in [0.25, 0.3) is 0 Å². The number of piperidine rings is 1. The SMILES string of the molecule is O=C(c1ccc(OCCN2CCCCC2)cc1)c1c(-c2ccc(O)cc2)sc2cc(O)ccc12.O=P([O-])([O-])[O-]. The summed E-state index contributed by atoms with van der Waals surface area (Å²) in [6.45, 7) is 3.85. The summed E-state index contributed by atoms with van der Waals surface area (Å²) < 4.78 is 15.3. The van der Waals surface area contributed by atoms with Gasteiger partial charge in [-0.05, 0) is 98.2 Å². The molecule has 1 aliphatic rings. The number of thiophene rings is 1. The lowest BCUT2D eigenvalue weighted by atomic mass is 9.97. The van der Waals surface area contributed by atoms with Crippen LogP contribution in [-0.4, -0.2) is 47.1 Å². The van der Waals surface area contributed by atoms with Crippen LogP contribution < -0.4 is 19.4 Å². The molecule has 2 heterocycles. The summed E-state index contributed by atoms with van der Waals surface area (Å²) in [5.41, 5.74) is 2.03. The van der Waals surface area contributed by atoms with E-state index >= 15 is 0 Å². The maximum absolute atomic E-state index is 13.6. The molecule has 0 aliphatic carbocycles. The van der Waals surface area contributed by atoms with E-state index in [0.717, 1.165) is 45.9 Å². The van der Waals surface area contributed by atoms with Crippen LogP contribution in [0.25, 0.3) is 20.5 Å². The first kappa shape index (κ1) is 28.8. The van der Waals surface area contributed by atoms with Crippen molar-refractivity contribution in [3.05, 3.63) is 77.9 Å². The van der Waals surface area contributed by atoms with E-state index in [1.54, 1.807) is 42.5 Å². The van der Waals surface area contributed by atoms with E-state index in [2.05, 4.69) is 4.90 Å². The zero-order valence-electron chi connectivity index (χ0n) is 20.9. The minimum atomic E-state index is -5.39. The Kier molecular flexibility index (Phi) is 9.40. The number of phenols is 2. The number of carbonyl (C=O) groups excluding carboxylic acids is 1. The maximum Gasteiger partial charge on any atom is 0.195 e. The van der Waals surface area contributed by atoms with Crippen LogP contribution in [0.2, 0.25) is 0 Å². The summed E-state index contributed by atoms with van der Waals surface area (Å²) in [5.74, 6) is 1.01. The maximum atomic E-state index is 13.6. The van der Waals surface area contributed by atoms with E-state index in [9.17, 15) is 15.0 Å². The van der Waals surface area contributed by atoms with Crippen molar-refractivity contribution in [1.29, 1.82) is 0 Å². The molecule has 9 nitrogen and oxygen atoms in total. The van der Waals surface area contributed by atoms with Gasteiger partial charge in [-0.25, -0.2) is 0 Å². The zero-order valence-corrected chi connectivity index (χ0v) is 22.7. The molecule has 5 rings (SSSR count).